The SMILES string of the molecule is Cn1cnnc1CN1CCC[C@H]1CC1CCCCC1. The number of aryl methyl sites for hydroxylation is 1. The van der Waals surface area contributed by atoms with E-state index >= 15 is 0 Å². The molecule has 0 unspecified atom stereocenters. The fourth-order valence-electron chi connectivity index (χ4n) is 3.81. The molecule has 1 aliphatic heterocycles. The summed E-state index contributed by atoms with van der Waals surface area (Å²) >= 11 is 0. The van der Waals surface area contributed by atoms with Gasteiger partial charge in [0.25, 0.3) is 0 Å². The molecule has 2 fully saturated rings. The summed E-state index contributed by atoms with van der Waals surface area (Å²) in [5.74, 6) is 2.09. The third-order valence-electron chi connectivity index (χ3n) is 4.98. The van der Waals surface area contributed by atoms with Crippen molar-refractivity contribution in [1.29, 1.82) is 0 Å². The molecule has 0 spiro atoms. The minimum Gasteiger partial charge on any atom is -0.320 e. The van der Waals surface area contributed by atoms with Crippen LogP contribution in [-0.2, 0) is 13.6 Å². The Bertz CT molecular complexity index is 395. The summed E-state index contributed by atoms with van der Waals surface area (Å²) in [6.45, 7) is 2.22. The molecule has 0 amide bonds. The number of aromatic nitrogens is 3. The van der Waals surface area contributed by atoms with Crippen LogP contribution in [0.3, 0.4) is 0 Å². The molecule has 4 heteroatoms. The number of hydrogen-bond donors (Lipinski definition) is 0. The molecule has 1 atom stereocenters. The van der Waals surface area contributed by atoms with Crippen molar-refractivity contribution in [3.8, 4) is 0 Å². The summed E-state index contributed by atoms with van der Waals surface area (Å²) in [6, 6.07) is 0.791. The van der Waals surface area contributed by atoms with Crippen molar-refractivity contribution in [3.05, 3.63) is 12.2 Å². The molecule has 1 saturated carbocycles. The molecular weight excluding hydrogens is 236 g/mol. The van der Waals surface area contributed by atoms with Crippen molar-refractivity contribution in [3.63, 3.8) is 0 Å². The Kier molecular flexibility index (Phi) is 4.16. The quantitative estimate of drug-likeness (QED) is 0.836. The fourth-order valence-corrected chi connectivity index (χ4v) is 3.81. The van der Waals surface area contributed by atoms with Crippen molar-refractivity contribution < 1.29 is 0 Å². The normalized spacial score (nSPS) is 26.1. The van der Waals surface area contributed by atoms with E-state index in [0.29, 0.717) is 0 Å². The van der Waals surface area contributed by atoms with Crippen molar-refractivity contribution >= 4 is 0 Å². The third kappa shape index (κ3) is 3.16. The topological polar surface area (TPSA) is 34.0 Å². The molecule has 1 aromatic heterocycles. The second kappa shape index (κ2) is 6.04. The van der Waals surface area contributed by atoms with E-state index in [9.17, 15) is 0 Å². The number of nitrogens with zero attached hydrogens (tertiary/aromatic N) is 4. The summed E-state index contributed by atoms with van der Waals surface area (Å²) < 4.78 is 2.05. The largest absolute Gasteiger partial charge is 0.320 e. The molecule has 2 heterocycles. The molecule has 1 aliphatic carbocycles. The van der Waals surface area contributed by atoms with Crippen LogP contribution in [0.5, 0.6) is 0 Å². The van der Waals surface area contributed by atoms with E-state index in [1.165, 1.54) is 57.9 Å². The van der Waals surface area contributed by atoms with Crippen molar-refractivity contribution in [2.45, 2.75) is 64.0 Å². The Morgan fingerprint density at radius 2 is 2.00 bits per heavy atom. The lowest BCUT2D eigenvalue weighted by Gasteiger charge is -2.29. The highest BCUT2D eigenvalue weighted by Crippen LogP contribution is 2.32. The molecule has 3 rings (SSSR count). The molecule has 1 saturated heterocycles. The van der Waals surface area contributed by atoms with Crippen LogP contribution in [-0.4, -0.2) is 32.3 Å². The van der Waals surface area contributed by atoms with Crippen molar-refractivity contribution in [1.82, 2.24) is 19.7 Å². The summed E-state index contributed by atoms with van der Waals surface area (Å²) in [6.07, 6.45) is 13.3. The van der Waals surface area contributed by atoms with Gasteiger partial charge < -0.3 is 4.57 Å². The zero-order valence-corrected chi connectivity index (χ0v) is 12.1. The van der Waals surface area contributed by atoms with E-state index in [-0.39, 0.29) is 0 Å². The van der Waals surface area contributed by atoms with Crippen LogP contribution in [0.4, 0.5) is 0 Å². The average Bonchev–Trinajstić information content (AvgIpc) is 3.02. The van der Waals surface area contributed by atoms with E-state index in [4.69, 9.17) is 0 Å². The molecular formula is C15H26N4. The zero-order chi connectivity index (χ0) is 13.1. The lowest BCUT2D eigenvalue weighted by molar-refractivity contribution is 0.187. The fraction of sp³-hybridized carbons (Fsp3) is 0.867. The Labute approximate surface area is 116 Å². The molecule has 19 heavy (non-hydrogen) atoms. The maximum absolute atomic E-state index is 4.23. The first-order valence-corrected chi connectivity index (χ1v) is 7.90. The van der Waals surface area contributed by atoms with Gasteiger partial charge in [0.05, 0.1) is 6.54 Å². The lowest BCUT2D eigenvalue weighted by atomic mass is 9.84. The van der Waals surface area contributed by atoms with Crippen LogP contribution >= 0.6 is 0 Å². The number of hydrogen-bond acceptors (Lipinski definition) is 3. The number of rotatable bonds is 4. The second-order valence-electron chi connectivity index (χ2n) is 6.36. The highest BCUT2D eigenvalue weighted by molar-refractivity contribution is 4.89. The molecule has 1 aromatic rings. The van der Waals surface area contributed by atoms with Crippen LogP contribution < -0.4 is 0 Å². The molecule has 4 nitrogen and oxygen atoms in total. The Morgan fingerprint density at radius 1 is 1.16 bits per heavy atom. The van der Waals surface area contributed by atoms with Crippen LogP contribution in [0.1, 0.15) is 57.2 Å². The maximum Gasteiger partial charge on any atom is 0.146 e. The van der Waals surface area contributed by atoms with E-state index in [1.807, 2.05) is 13.4 Å². The molecule has 0 aromatic carbocycles. The first-order valence-electron chi connectivity index (χ1n) is 7.90. The Balaban J connectivity index is 1.56. The smallest absolute Gasteiger partial charge is 0.146 e. The van der Waals surface area contributed by atoms with E-state index < -0.39 is 0 Å². The van der Waals surface area contributed by atoms with Crippen molar-refractivity contribution in [2.75, 3.05) is 6.54 Å². The van der Waals surface area contributed by atoms with Crippen LogP contribution in [0.15, 0.2) is 6.33 Å². The summed E-state index contributed by atoms with van der Waals surface area (Å²) in [7, 11) is 2.04. The summed E-state index contributed by atoms with van der Waals surface area (Å²) in [4.78, 5) is 2.64. The Morgan fingerprint density at radius 3 is 2.74 bits per heavy atom. The van der Waals surface area contributed by atoms with Gasteiger partial charge in [-0.2, -0.15) is 0 Å². The minimum atomic E-state index is 0.791. The average molecular weight is 262 g/mol. The molecule has 0 radical (unpaired) electrons. The first-order chi connectivity index (χ1) is 9.33. The highest BCUT2D eigenvalue weighted by Gasteiger charge is 2.28. The standard InChI is InChI=1S/C15H26N4/c1-18-12-16-17-15(18)11-19-9-5-8-14(19)10-13-6-3-2-4-7-13/h12-14H,2-11H2,1H3/t14-/m0/s1. The predicted octanol–water partition coefficient (Wildman–Crippen LogP) is 2.75. The van der Waals surface area contributed by atoms with Gasteiger partial charge in [-0.1, -0.05) is 32.1 Å². The summed E-state index contributed by atoms with van der Waals surface area (Å²) in [5, 5.41) is 8.22. The van der Waals surface area contributed by atoms with Crippen LogP contribution in [0.25, 0.3) is 0 Å². The minimum absolute atomic E-state index is 0.791. The Hall–Kier alpha value is -0.900. The summed E-state index contributed by atoms with van der Waals surface area (Å²) in [5.41, 5.74) is 0. The molecule has 106 valence electrons. The van der Waals surface area contributed by atoms with Gasteiger partial charge in [0.2, 0.25) is 0 Å². The van der Waals surface area contributed by atoms with Gasteiger partial charge in [-0.05, 0) is 31.7 Å². The lowest BCUT2D eigenvalue weighted by Crippen LogP contribution is -2.32. The van der Waals surface area contributed by atoms with E-state index in [0.717, 1.165) is 24.3 Å². The molecule has 0 bridgehead atoms. The highest BCUT2D eigenvalue weighted by atomic mass is 15.3. The molecule has 2 aliphatic rings. The van der Waals surface area contributed by atoms with E-state index in [2.05, 4.69) is 19.7 Å². The number of likely N-dealkylation sites (tertiary alicyclic amines) is 1. The van der Waals surface area contributed by atoms with Gasteiger partial charge in [0, 0.05) is 13.1 Å². The van der Waals surface area contributed by atoms with Gasteiger partial charge in [0.15, 0.2) is 0 Å². The maximum atomic E-state index is 4.23. The monoisotopic (exact) mass is 262 g/mol. The third-order valence-corrected chi connectivity index (χ3v) is 4.98. The second-order valence-corrected chi connectivity index (χ2v) is 6.36. The van der Waals surface area contributed by atoms with E-state index in [1.54, 1.807) is 0 Å². The van der Waals surface area contributed by atoms with Gasteiger partial charge in [-0.25, -0.2) is 0 Å². The van der Waals surface area contributed by atoms with Gasteiger partial charge >= 0.3 is 0 Å². The van der Waals surface area contributed by atoms with Crippen LogP contribution in [0, 0.1) is 5.92 Å². The van der Waals surface area contributed by atoms with Gasteiger partial charge in [-0.3, -0.25) is 4.90 Å². The molecule has 0 N–H and O–H groups in total. The first kappa shape index (κ1) is 13.1. The van der Waals surface area contributed by atoms with Crippen LogP contribution in [0.2, 0.25) is 0 Å². The van der Waals surface area contributed by atoms with Gasteiger partial charge in [0.1, 0.15) is 12.2 Å². The van der Waals surface area contributed by atoms with Crippen molar-refractivity contribution in [2.24, 2.45) is 13.0 Å². The zero-order valence-electron chi connectivity index (χ0n) is 12.1. The van der Waals surface area contributed by atoms with Gasteiger partial charge in [-0.15, -0.1) is 10.2 Å². The predicted molar refractivity (Wildman–Crippen MR) is 75.6 cm³/mol.